The maximum atomic E-state index is 13.1. The summed E-state index contributed by atoms with van der Waals surface area (Å²) in [5.41, 5.74) is 1.94. The topological polar surface area (TPSA) is 78.5 Å². The van der Waals surface area contributed by atoms with Crippen molar-refractivity contribution in [2.24, 2.45) is 0 Å². The molecule has 0 bridgehead atoms. The lowest BCUT2D eigenvalue weighted by molar-refractivity contribution is -0.118. The van der Waals surface area contributed by atoms with Crippen molar-refractivity contribution in [1.29, 1.82) is 0 Å². The molecule has 2 aliphatic rings. The second-order valence-corrected chi connectivity index (χ2v) is 6.99. The van der Waals surface area contributed by atoms with Gasteiger partial charge in [0.15, 0.2) is 0 Å². The molecule has 0 spiro atoms. The lowest BCUT2D eigenvalue weighted by atomic mass is 10.1. The minimum Gasteiger partial charge on any atom is -0.378 e. The van der Waals surface area contributed by atoms with Gasteiger partial charge < -0.3 is 19.5 Å². The number of morpholine rings is 1. The molecule has 7 heteroatoms. The number of para-hydroxylation sites is 1. The molecule has 2 aromatic rings. The van der Waals surface area contributed by atoms with Crippen LogP contribution in [0.15, 0.2) is 35.1 Å². The molecule has 1 N–H and O–H groups in total. The Kier molecular flexibility index (Phi) is 4.94. The fourth-order valence-corrected chi connectivity index (χ4v) is 3.89. The van der Waals surface area contributed by atoms with Crippen LogP contribution in [0.4, 0.5) is 11.5 Å². The molecule has 27 heavy (non-hydrogen) atoms. The van der Waals surface area contributed by atoms with E-state index in [2.05, 4.69) is 23.0 Å². The molecule has 1 unspecified atom stereocenters. The summed E-state index contributed by atoms with van der Waals surface area (Å²) in [6, 6.07) is 9.66. The van der Waals surface area contributed by atoms with Gasteiger partial charge in [-0.05, 0) is 24.5 Å². The first-order valence-electron chi connectivity index (χ1n) is 9.48. The molecular formula is C20H24N4O3. The fourth-order valence-electron chi connectivity index (χ4n) is 3.89. The van der Waals surface area contributed by atoms with Crippen molar-refractivity contribution in [2.75, 3.05) is 36.1 Å². The van der Waals surface area contributed by atoms with Gasteiger partial charge in [-0.15, -0.1) is 0 Å². The smallest absolute Gasteiger partial charge is 0.252 e. The van der Waals surface area contributed by atoms with Gasteiger partial charge in [0, 0.05) is 30.9 Å². The van der Waals surface area contributed by atoms with Gasteiger partial charge in [-0.2, -0.15) is 0 Å². The third-order valence-corrected chi connectivity index (χ3v) is 5.24. The van der Waals surface area contributed by atoms with E-state index >= 15 is 0 Å². The number of carbonyl (C=O) groups is 1. The number of aromatic nitrogens is 2. The number of ether oxygens (including phenoxy) is 1. The molecule has 3 heterocycles. The minimum atomic E-state index is -0.233. The van der Waals surface area contributed by atoms with Gasteiger partial charge in [0.2, 0.25) is 5.91 Å². The highest BCUT2D eigenvalue weighted by molar-refractivity contribution is 5.97. The van der Waals surface area contributed by atoms with Crippen molar-refractivity contribution in [3.8, 4) is 0 Å². The second-order valence-electron chi connectivity index (χ2n) is 6.99. The summed E-state index contributed by atoms with van der Waals surface area (Å²) in [6.07, 6.45) is 1.84. The Morgan fingerprint density at radius 3 is 2.85 bits per heavy atom. The number of fused-ring (bicyclic) bond motifs is 1. The van der Waals surface area contributed by atoms with Crippen LogP contribution in [0.5, 0.6) is 0 Å². The number of anilines is 2. The quantitative estimate of drug-likeness (QED) is 0.885. The standard InChI is InChI=1S/C20H24N4O3/c1-2-15-11-14-5-3-4-6-16(14)24(15)20(26)12-17-21-18(13-19(25)22-17)23-7-9-27-10-8-23/h3-6,13,15H,2,7-12H2,1H3,(H,21,22,25). The summed E-state index contributed by atoms with van der Waals surface area (Å²) in [5.74, 6) is 0.987. The van der Waals surface area contributed by atoms with E-state index in [4.69, 9.17) is 4.74 Å². The average Bonchev–Trinajstić information content (AvgIpc) is 3.07. The Hall–Kier alpha value is -2.67. The van der Waals surface area contributed by atoms with E-state index in [1.165, 1.54) is 11.6 Å². The fraction of sp³-hybridized carbons (Fsp3) is 0.450. The predicted molar refractivity (Wildman–Crippen MR) is 103 cm³/mol. The molecule has 0 aliphatic carbocycles. The Balaban J connectivity index is 1.57. The van der Waals surface area contributed by atoms with Crippen LogP contribution in [0, 0.1) is 0 Å². The first kappa shape index (κ1) is 17.7. The van der Waals surface area contributed by atoms with E-state index < -0.39 is 0 Å². The van der Waals surface area contributed by atoms with Crippen molar-refractivity contribution in [2.45, 2.75) is 32.2 Å². The molecule has 1 atom stereocenters. The third-order valence-electron chi connectivity index (χ3n) is 5.24. The van der Waals surface area contributed by atoms with Crippen LogP contribution in [0.1, 0.15) is 24.7 Å². The number of hydrogen-bond acceptors (Lipinski definition) is 5. The van der Waals surface area contributed by atoms with E-state index in [1.807, 2.05) is 28.0 Å². The van der Waals surface area contributed by atoms with Gasteiger partial charge in [-0.3, -0.25) is 9.59 Å². The number of benzene rings is 1. The maximum Gasteiger partial charge on any atom is 0.252 e. The predicted octanol–water partition coefficient (Wildman–Crippen LogP) is 1.52. The molecular weight excluding hydrogens is 344 g/mol. The summed E-state index contributed by atoms with van der Waals surface area (Å²) in [5, 5.41) is 0. The number of carbonyl (C=O) groups excluding carboxylic acids is 1. The molecule has 1 aromatic carbocycles. The number of nitrogens with one attached hydrogen (secondary N) is 1. The lowest BCUT2D eigenvalue weighted by Gasteiger charge is -2.28. The normalized spacial score (nSPS) is 19.2. The summed E-state index contributed by atoms with van der Waals surface area (Å²) in [6.45, 7) is 4.72. The average molecular weight is 368 g/mol. The summed E-state index contributed by atoms with van der Waals surface area (Å²) >= 11 is 0. The zero-order valence-electron chi connectivity index (χ0n) is 15.5. The molecule has 4 rings (SSSR count). The monoisotopic (exact) mass is 368 g/mol. The molecule has 142 valence electrons. The van der Waals surface area contributed by atoms with Crippen LogP contribution in [0.2, 0.25) is 0 Å². The van der Waals surface area contributed by atoms with Gasteiger partial charge in [-0.25, -0.2) is 4.98 Å². The van der Waals surface area contributed by atoms with Crippen molar-refractivity contribution in [3.63, 3.8) is 0 Å². The highest BCUT2D eigenvalue weighted by Crippen LogP contribution is 2.33. The number of hydrogen-bond donors (Lipinski definition) is 1. The Bertz CT molecular complexity index is 889. The Morgan fingerprint density at radius 1 is 1.30 bits per heavy atom. The van der Waals surface area contributed by atoms with Crippen LogP contribution in [-0.2, 0) is 22.4 Å². The number of H-pyrrole nitrogens is 1. The van der Waals surface area contributed by atoms with E-state index in [0.29, 0.717) is 37.9 Å². The first-order valence-corrected chi connectivity index (χ1v) is 9.48. The lowest BCUT2D eigenvalue weighted by Crippen LogP contribution is -2.39. The Labute approximate surface area is 158 Å². The van der Waals surface area contributed by atoms with Crippen LogP contribution >= 0.6 is 0 Å². The zero-order chi connectivity index (χ0) is 18.8. The maximum absolute atomic E-state index is 13.1. The van der Waals surface area contributed by atoms with Crippen LogP contribution < -0.4 is 15.4 Å². The summed E-state index contributed by atoms with van der Waals surface area (Å²) < 4.78 is 5.35. The number of nitrogens with zero attached hydrogens (tertiary/aromatic N) is 3. The molecule has 1 amide bonds. The number of amides is 1. The van der Waals surface area contributed by atoms with Crippen LogP contribution in [-0.4, -0.2) is 48.2 Å². The van der Waals surface area contributed by atoms with Crippen LogP contribution in [0.3, 0.4) is 0 Å². The van der Waals surface area contributed by atoms with Gasteiger partial charge in [0.05, 0.1) is 19.6 Å². The Morgan fingerprint density at radius 2 is 2.07 bits per heavy atom. The summed E-state index contributed by atoms with van der Waals surface area (Å²) in [7, 11) is 0. The van der Waals surface area contributed by atoms with Crippen molar-refractivity contribution in [3.05, 3.63) is 52.1 Å². The first-order chi connectivity index (χ1) is 13.2. The number of rotatable bonds is 4. The molecule has 7 nitrogen and oxygen atoms in total. The van der Waals surface area contributed by atoms with E-state index in [1.54, 1.807) is 0 Å². The molecule has 1 aromatic heterocycles. The largest absolute Gasteiger partial charge is 0.378 e. The molecule has 1 fully saturated rings. The highest BCUT2D eigenvalue weighted by Gasteiger charge is 2.32. The van der Waals surface area contributed by atoms with Crippen LogP contribution in [0.25, 0.3) is 0 Å². The van der Waals surface area contributed by atoms with E-state index in [0.717, 1.165) is 18.5 Å². The molecule has 2 aliphatic heterocycles. The summed E-state index contributed by atoms with van der Waals surface area (Å²) in [4.78, 5) is 36.3. The molecule has 0 radical (unpaired) electrons. The van der Waals surface area contributed by atoms with Crippen molar-refractivity contribution >= 4 is 17.4 Å². The molecule has 0 saturated carbocycles. The van der Waals surface area contributed by atoms with Gasteiger partial charge >= 0.3 is 0 Å². The molecule has 1 saturated heterocycles. The number of aromatic amines is 1. The highest BCUT2D eigenvalue weighted by atomic mass is 16.5. The van der Waals surface area contributed by atoms with Gasteiger partial charge in [0.25, 0.3) is 5.56 Å². The SMILES string of the molecule is CCC1Cc2ccccc2N1C(=O)Cc1nc(N2CCOCC2)cc(=O)[nH]1. The van der Waals surface area contributed by atoms with Gasteiger partial charge in [-0.1, -0.05) is 25.1 Å². The van der Waals surface area contributed by atoms with E-state index in [9.17, 15) is 9.59 Å². The minimum absolute atomic E-state index is 0.0333. The third kappa shape index (κ3) is 3.60. The zero-order valence-corrected chi connectivity index (χ0v) is 15.5. The van der Waals surface area contributed by atoms with E-state index in [-0.39, 0.29) is 23.9 Å². The second kappa shape index (κ2) is 7.52. The van der Waals surface area contributed by atoms with Crippen molar-refractivity contribution in [1.82, 2.24) is 9.97 Å². The van der Waals surface area contributed by atoms with Crippen molar-refractivity contribution < 1.29 is 9.53 Å². The van der Waals surface area contributed by atoms with Gasteiger partial charge in [0.1, 0.15) is 11.6 Å².